The summed E-state index contributed by atoms with van der Waals surface area (Å²) in [6.07, 6.45) is -0.202. The molecule has 8 heteroatoms. The molecule has 1 N–H and O–H groups in total. The van der Waals surface area contributed by atoms with Gasteiger partial charge in [0.25, 0.3) is 0 Å². The Kier molecular flexibility index (Phi) is 8.10. The van der Waals surface area contributed by atoms with Crippen LogP contribution in [0, 0.1) is 5.82 Å². The van der Waals surface area contributed by atoms with Crippen molar-refractivity contribution in [3.05, 3.63) is 70.5 Å². The van der Waals surface area contributed by atoms with E-state index in [9.17, 15) is 9.50 Å². The topological polar surface area (TPSA) is 57.5 Å². The minimum Gasteiger partial charge on any atom is -0.390 e. The maximum atomic E-state index is 14.1. The van der Waals surface area contributed by atoms with Crippen molar-refractivity contribution in [1.82, 2.24) is 9.80 Å². The van der Waals surface area contributed by atoms with Crippen molar-refractivity contribution in [3.8, 4) is 0 Å². The Morgan fingerprint density at radius 2 is 2.00 bits per heavy atom. The third-order valence-corrected chi connectivity index (χ3v) is 5.95. The van der Waals surface area contributed by atoms with Crippen molar-refractivity contribution in [2.75, 3.05) is 45.9 Å². The summed E-state index contributed by atoms with van der Waals surface area (Å²) in [5.74, 6) is -0.299. The molecule has 0 bridgehead atoms. The van der Waals surface area contributed by atoms with E-state index in [1.54, 1.807) is 18.2 Å². The van der Waals surface area contributed by atoms with Gasteiger partial charge in [-0.15, -0.1) is 0 Å². The standard InChI is InChI=1S/C24H29ClFN3O3/c25-19-5-3-4-18(12-19)14-29(16-20(30)15-28-8-10-31-11-9-28)17-21-13-24(27-32-21)22-6-1-2-7-23(22)26/h1-7,12,20-21,30H,8-11,13-17H2. The van der Waals surface area contributed by atoms with E-state index in [4.69, 9.17) is 21.2 Å². The molecule has 2 aromatic carbocycles. The van der Waals surface area contributed by atoms with E-state index in [-0.39, 0.29) is 11.9 Å². The molecule has 4 rings (SSSR count). The number of oxime groups is 1. The molecule has 32 heavy (non-hydrogen) atoms. The second-order valence-electron chi connectivity index (χ2n) is 8.34. The van der Waals surface area contributed by atoms with Gasteiger partial charge in [-0.25, -0.2) is 4.39 Å². The first-order chi connectivity index (χ1) is 15.6. The molecular weight excluding hydrogens is 433 g/mol. The summed E-state index contributed by atoms with van der Waals surface area (Å²) in [6.45, 7) is 5.32. The van der Waals surface area contributed by atoms with Crippen molar-refractivity contribution in [2.45, 2.75) is 25.2 Å². The molecule has 1 fully saturated rings. The Morgan fingerprint density at radius 1 is 1.19 bits per heavy atom. The van der Waals surface area contributed by atoms with Crippen molar-refractivity contribution in [2.24, 2.45) is 5.16 Å². The summed E-state index contributed by atoms with van der Waals surface area (Å²) in [5.41, 5.74) is 2.15. The third kappa shape index (κ3) is 6.49. The molecule has 2 aliphatic rings. The number of aliphatic hydroxyl groups is 1. The average Bonchev–Trinajstić information content (AvgIpc) is 3.23. The molecule has 0 aliphatic carbocycles. The molecule has 0 saturated carbocycles. The highest BCUT2D eigenvalue weighted by Crippen LogP contribution is 2.21. The van der Waals surface area contributed by atoms with Gasteiger partial charge in [0, 0.05) is 56.3 Å². The summed E-state index contributed by atoms with van der Waals surface area (Å²) in [6, 6.07) is 14.3. The molecule has 2 aromatic rings. The zero-order valence-electron chi connectivity index (χ0n) is 18.0. The lowest BCUT2D eigenvalue weighted by Crippen LogP contribution is -2.45. The number of benzene rings is 2. The van der Waals surface area contributed by atoms with Crippen LogP contribution in [0.3, 0.4) is 0 Å². The molecule has 0 aromatic heterocycles. The van der Waals surface area contributed by atoms with Crippen LogP contribution in [0.2, 0.25) is 5.02 Å². The van der Waals surface area contributed by atoms with E-state index < -0.39 is 6.10 Å². The van der Waals surface area contributed by atoms with E-state index in [0.717, 1.165) is 18.7 Å². The molecule has 2 heterocycles. The van der Waals surface area contributed by atoms with Gasteiger partial charge in [0.2, 0.25) is 0 Å². The van der Waals surface area contributed by atoms with Crippen LogP contribution in [-0.4, -0.2) is 78.8 Å². The lowest BCUT2D eigenvalue weighted by molar-refractivity contribution is -0.00265. The van der Waals surface area contributed by atoms with Crippen LogP contribution in [0.25, 0.3) is 0 Å². The van der Waals surface area contributed by atoms with E-state index >= 15 is 0 Å². The zero-order valence-corrected chi connectivity index (χ0v) is 18.8. The smallest absolute Gasteiger partial charge is 0.145 e. The second-order valence-corrected chi connectivity index (χ2v) is 8.78. The Hall–Kier alpha value is -2.03. The number of hydrogen-bond donors (Lipinski definition) is 1. The van der Waals surface area contributed by atoms with Crippen LogP contribution in [0.1, 0.15) is 17.5 Å². The molecule has 0 amide bonds. The van der Waals surface area contributed by atoms with Gasteiger partial charge in [-0.3, -0.25) is 9.80 Å². The normalized spacial score (nSPS) is 20.2. The van der Waals surface area contributed by atoms with E-state index in [0.29, 0.717) is 62.1 Å². The lowest BCUT2D eigenvalue weighted by atomic mass is 10.0. The first kappa shape index (κ1) is 23.1. The summed E-state index contributed by atoms with van der Waals surface area (Å²) >= 11 is 6.17. The molecule has 6 nitrogen and oxygen atoms in total. The Bertz CT molecular complexity index is 923. The Labute approximate surface area is 193 Å². The van der Waals surface area contributed by atoms with Crippen LogP contribution < -0.4 is 0 Å². The number of morpholine rings is 1. The number of ether oxygens (including phenoxy) is 1. The van der Waals surface area contributed by atoms with Crippen LogP contribution in [0.4, 0.5) is 4.39 Å². The number of hydrogen-bond acceptors (Lipinski definition) is 6. The molecule has 0 radical (unpaired) electrons. The quantitative estimate of drug-likeness (QED) is 0.621. The molecule has 0 spiro atoms. The predicted octanol–water partition coefficient (Wildman–Crippen LogP) is 3.17. The van der Waals surface area contributed by atoms with Gasteiger partial charge in [-0.1, -0.05) is 47.1 Å². The summed E-state index contributed by atoms with van der Waals surface area (Å²) in [7, 11) is 0. The third-order valence-electron chi connectivity index (χ3n) is 5.72. The second kappa shape index (κ2) is 11.2. The number of halogens is 2. The molecule has 2 atom stereocenters. The zero-order chi connectivity index (χ0) is 22.3. The number of β-amino-alcohol motifs (C(OH)–C–C–N with tert-alkyl or cyclic N) is 1. The fourth-order valence-corrected chi connectivity index (χ4v) is 4.42. The largest absolute Gasteiger partial charge is 0.390 e. The monoisotopic (exact) mass is 461 g/mol. The minimum absolute atomic E-state index is 0.209. The summed E-state index contributed by atoms with van der Waals surface area (Å²) in [5, 5.41) is 15.6. The predicted molar refractivity (Wildman–Crippen MR) is 122 cm³/mol. The van der Waals surface area contributed by atoms with Gasteiger partial charge in [-0.2, -0.15) is 0 Å². The minimum atomic E-state index is -0.513. The van der Waals surface area contributed by atoms with Crippen molar-refractivity contribution < 1.29 is 19.1 Å². The van der Waals surface area contributed by atoms with Crippen LogP contribution in [0.15, 0.2) is 53.7 Å². The first-order valence-electron chi connectivity index (χ1n) is 11.0. The van der Waals surface area contributed by atoms with Gasteiger partial charge in [0.15, 0.2) is 0 Å². The number of rotatable bonds is 9. The van der Waals surface area contributed by atoms with Crippen LogP contribution in [-0.2, 0) is 16.1 Å². The van der Waals surface area contributed by atoms with Gasteiger partial charge in [-0.05, 0) is 23.8 Å². The van der Waals surface area contributed by atoms with Gasteiger partial charge in [0.1, 0.15) is 11.9 Å². The molecule has 2 unspecified atom stereocenters. The highest BCUT2D eigenvalue weighted by atomic mass is 35.5. The Morgan fingerprint density at radius 3 is 2.78 bits per heavy atom. The first-order valence-corrected chi connectivity index (χ1v) is 11.4. The fourth-order valence-electron chi connectivity index (χ4n) is 4.20. The van der Waals surface area contributed by atoms with E-state index in [1.807, 2.05) is 24.3 Å². The maximum absolute atomic E-state index is 14.1. The number of nitrogens with zero attached hydrogens (tertiary/aromatic N) is 3. The Balaban J connectivity index is 1.39. The molecule has 172 valence electrons. The van der Waals surface area contributed by atoms with Gasteiger partial charge in [0.05, 0.1) is 25.0 Å². The van der Waals surface area contributed by atoms with Crippen molar-refractivity contribution in [3.63, 3.8) is 0 Å². The van der Waals surface area contributed by atoms with Crippen molar-refractivity contribution in [1.29, 1.82) is 0 Å². The summed E-state index contributed by atoms with van der Waals surface area (Å²) < 4.78 is 19.5. The van der Waals surface area contributed by atoms with Crippen LogP contribution in [0.5, 0.6) is 0 Å². The average molecular weight is 462 g/mol. The number of aliphatic hydroxyl groups excluding tert-OH is 1. The van der Waals surface area contributed by atoms with Crippen molar-refractivity contribution >= 4 is 17.3 Å². The van der Waals surface area contributed by atoms with E-state index in [2.05, 4.69) is 15.0 Å². The van der Waals surface area contributed by atoms with E-state index in [1.165, 1.54) is 6.07 Å². The fraction of sp³-hybridized carbons (Fsp3) is 0.458. The molecule has 1 saturated heterocycles. The van der Waals surface area contributed by atoms with Gasteiger partial charge < -0.3 is 14.7 Å². The van der Waals surface area contributed by atoms with Gasteiger partial charge >= 0.3 is 0 Å². The highest BCUT2D eigenvalue weighted by molar-refractivity contribution is 6.30. The molecule has 2 aliphatic heterocycles. The SMILES string of the molecule is OC(CN1CCOCC1)CN(Cc1cccc(Cl)c1)CC1CC(c2ccccc2F)=NO1. The maximum Gasteiger partial charge on any atom is 0.145 e. The lowest BCUT2D eigenvalue weighted by Gasteiger charge is -2.31. The molecular formula is C24H29ClFN3O3. The highest BCUT2D eigenvalue weighted by Gasteiger charge is 2.27. The summed E-state index contributed by atoms with van der Waals surface area (Å²) in [4.78, 5) is 10.0. The van der Waals surface area contributed by atoms with Crippen LogP contribution >= 0.6 is 11.6 Å².